The molecule has 6 nitrogen and oxygen atoms in total. The van der Waals surface area contributed by atoms with Gasteiger partial charge in [0, 0.05) is 22.7 Å². The number of carbonyl (C=O) groups is 1. The van der Waals surface area contributed by atoms with Gasteiger partial charge in [0.25, 0.3) is 5.91 Å². The molecule has 2 rings (SSSR count). The second-order valence-electron chi connectivity index (χ2n) is 5.66. The largest absolute Gasteiger partial charge is 0.350 e. The highest BCUT2D eigenvalue weighted by Gasteiger charge is 2.16. The number of sulfonamides is 1. The summed E-state index contributed by atoms with van der Waals surface area (Å²) in [7, 11) is 0.628. The topological polar surface area (TPSA) is 78.5 Å². The number of hydrogen-bond donors (Lipinski definition) is 2. The minimum absolute atomic E-state index is 0.111. The van der Waals surface area contributed by atoms with Crippen molar-refractivity contribution in [3.05, 3.63) is 52.2 Å². The molecule has 0 radical (unpaired) electrons. The molecule has 0 aliphatic heterocycles. The number of nitrogens with zero attached hydrogens (tertiary/aromatic N) is 1. The van der Waals surface area contributed by atoms with Gasteiger partial charge < -0.3 is 10.2 Å². The molecule has 2 N–H and O–H groups in total. The van der Waals surface area contributed by atoms with Gasteiger partial charge in [-0.25, -0.2) is 8.42 Å². The number of rotatable bonds is 7. The highest BCUT2D eigenvalue weighted by molar-refractivity contribution is 7.92. The van der Waals surface area contributed by atoms with Gasteiger partial charge >= 0.3 is 0 Å². The lowest BCUT2D eigenvalue weighted by Crippen LogP contribution is -2.34. The molecule has 1 atom stereocenters. The first-order chi connectivity index (χ1) is 11.3. The monoisotopic (exact) mass is 367 g/mol. The van der Waals surface area contributed by atoms with Crippen molar-refractivity contribution in [2.24, 2.45) is 0 Å². The zero-order valence-electron chi connectivity index (χ0n) is 13.8. The molecule has 0 bridgehead atoms. The Bertz CT molecular complexity index is 769. The van der Waals surface area contributed by atoms with E-state index >= 15 is 0 Å². The Morgan fingerprint density at radius 3 is 2.38 bits per heavy atom. The summed E-state index contributed by atoms with van der Waals surface area (Å²) in [5, 5.41) is 4.94. The zero-order valence-corrected chi connectivity index (χ0v) is 15.4. The third-order valence-electron chi connectivity index (χ3n) is 3.40. The quantitative estimate of drug-likeness (QED) is 0.786. The number of likely N-dealkylation sites (N-methyl/N-ethyl adjacent to an activating group) is 1. The summed E-state index contributed by atoms with van der Waals surface area (Å²) in [6.45, 7) is 0.496. The van der Waals surface area contributed by atoms with Crippen LogP contribution >= 0.6 is 11.3 Å². The van der Waals surface area contributed by atoms with Gasteiger partial charge in [0.15, 0.2) is 0 Å². The lowest BCUT2D eigenvalue weighted by molar-refractivity contribution is 0.0942. The van der Waals surface area contributed by atoms with Crippen molar-refractivity contribution in [3.8, 4) is 0 Å². The van der Waals surface area contributed by atoms with Gasteiger partial charge in [0.05, 0.1) is 12.3 Å². The third-order valence-corrected chi connectivity index (χ3v) is 4.98. The van der Waals surface area contributed by atoms with Crippen molar-refractivity contribution in [1.29, 1.82) is 0 Å². The summed E-state index contributed by atoms with van der Waals surface area (Å²) in [4.78, 5) is 15.5. The number of hydrogen-bond acceptors (Lipinski definition) is 5. The summed E-state index contributed by atoms with van der Waals surface area (Å²) in [5.74, 6) is -0.190. The fourth-order valence-corrected chi connectivity index (χ4v) is 3.70. The van der Waals surface area contributed by atoms with Crippen LogP contribution in [0.2, 0.25) is 0 Å². The van der Waals surface area contributed by atoms with E-state index in [4.69, 9.17) is 0 Å². The van der Waals surface area contributed by atoms with Gasteiger partial charge in [-0.1, -0.05) is 6.07 Å². The zero-order chi connectivity index (χ0) is 17.7. The van der Waals surface area contributed by atoms with Crippen molar-refractivity contribution < 1.29 is 13.2 Å². The Morgan fingerprint density at radius 1 is 1.21 bits per heavy atom. The molecule has 0 saturated heterocycles. The normalized spacial score (nSPS) is 12.8. The van der Waals surface area contributed by atoms with Crippen LogP contribution in [0.15, 0.2) is 41.8 Å². The molecule has 0 saturated carbocycles. The summed E-state index contributed by atoms with van der Waals surface area (Å²) in [6, 6.07) is 10.5. The number of thiophene rings is 1. The van der Waals surface area contributed by atoms with Crippen molar-refractivity contribution in [2.75, 3.05) is 31.6 Å². The number of amides is 1. The maximum absolute atomic E-state index is 12.3. The molecule has 1 aromatic heterocycles. The average Bonchev–Trinajstić information content (AvgIpc) is 3.00. The molecular formula is C16H21N3O3S2. The molecule has 8 heteroatoms. The van der Waals surface area contributed by atoms with Gasteiger partial charge in [-0.15, -0.1) is 11.3 Å². The molecule has 1 unspecified atom stereocenters. The average molecular weight is 367 g/mol. The van der Waals surface area contributed by atoms with Gasteiger partial charge in [-0.3, -0.25) is 9.52 Å². The summed E-state index contributed by atoms with van der Waals surface area (Å²) in [5.41, 5.74) is 0.913. The van der Waals surface area contributed by atoms with E-state index in [1.807, 2.05) is 31.6 Å². The summed E-state index contributed by atoms with van der Waals surface area (Å²) in [6.07, 6.45) is 1.08. The summed E-state index contributed by atoms with van der Waals surface area (Å²) >= 11 is 1.66. The second kappa shape index (κ2) is 7.78. The van der Waals surface area contributed by atoms with Crippen molar-refractivity contribution in [2.45, 2.75) is 6.04 Å². The predicted octanol–water partition coefficient (Wildman–Crippen LogP) is 2.15. The maximum atomic E-state index is 12.3. The van der Waals surface area contributed by atoms with E-state index in [9.17, 15) is 13.2 Å². The molecule has 2 aromatic rings. The number of nitrogens with one attached hydrogen (secondary N) is 2. The molecule has 130 valence electrons. The molecule has 0 aliphatic carbocycles. The smallest absolute Gasteiger partial charge is 0.251 e. The van der Waals surface area contributed by atoms with Crippen LogP contribution in [0.4, 0.5) is 5.69 Å². The minimum Gasteiger partial charge on any atom is -0.350 e. The van der Waals surface area contributed by atoms with Crippen molar-refractivity contribution in [1.82, 2.24) is 10.2 Å². The minimum atomic E-state index is -3.32. The van der Waals surface area contributed by atoms with Gasteiger partial charge in [-0.2, -0.15) is 0 Å². The van der Waals surface area contributed by atoms with Crippen LogP contribution in [0.1, 0.15) is 21.3 Å². The Kier molecular flexibility index (Phi) is 5.98. The van der Waals surface area contributed by atoms with Gasteiger partial charge in [0.1, 0.15) is 0 Å². The van der Waals surface area contributed by atoms with Gasteiger partial charge in [0.2, 0.25) is 10.0 Å². The van der Waals surface area contributed by atoms with E-state index in [1.165, 1.54) is 4.88 Å². The Labute approximate surface area is 146 Å². The van der Waals surface area contributed by atoms with Crippen molar-refractivity contribution >= 4 is 33.0 Å². The summed E-state index contributed by atoms with van der Waals surface area (Å²) < 4.78 is 24.7. The van der Waals surface area contributed by atoms with Crippen LogP contribution in [0, 0.1) is 0 Å². The standard InChI is InChI=1S/C16H21N3O3S2/c1-19(2)14(15-5-4-10-23-15)11-17-16(20)12-6-8-13(9-7-12)18-24(3,21)22/h4-10,14,18H,11H2,1-3H3,(H,17,20). The fourth-order valence-electron chi connectivity index (χ4n) is 2.21. The second-order valence-corrected chi connectivity index (χ2v) is 8.38. The van der Waals surface area contributed by atoms with Gasteiger partial charge in [-0.05, 0) is 49.8 Å². The first-order valence-corrected chi connectivity index (χ1v) is 10.1. The fraction of sp³-hybridized carbons (Fsp3) is 0.312. The van der Waals surface area contributed by atoms with E-state index in [0.717, 1.165) is 6.26 Å². The van der Waals surface area contributed by atoms with Crippen LogP contribution in [0.5, 0.6) is 0 Å². The lowest BCUT2D eigenvalue weighted by Gasteiger charge is -2.23. The molecule has 0 fully saturated rings. The molecule has 1 aromatic carbocycles. The number of anilines is 1. The molecule has 1 amide bonds. The molecule has 24 heavy (non-hydrogen) atoms. The Balaban J connectivity index is 1.99. The van der Waals surface area contributed by atoms with Crippen LogP contribution < -0.4 is 10.0 Å². The van der Waals surface area contributed by atoms with Crippen LogP contribution in [-0.2, 0) is 10.0 Å². The van der Waals surface area contributed by atoms with E-state index in [-0.39, 0.29) is 11.9 Å². The van der Waals surface area contributed by atoms with E-state index < -0.39 is 10.0 Å². The molecular weight excluding hydrogens is 346 g/mol. The Hall–Kier alpha value is -1.90. The highest BCUT2D eigenvalue weighted by Crippen LogP contribution is 2.22. The lowest BCUT2D eigenvalue weighted by atomic mass is 10.1. The van der Waals surface area contributed by atoms with Crippen molar-refractivity contribution in [3.63, 3.8) is 0 Å². The predicted molar refractivity (Wildman–Crippen MR) is 98.0 cm³/mol. The third kappa shape index (κ3) is 5.33. The molecule has 0 spiro atoms. The SMILES string of the molecule is CN(C)C(CNC(=O)c1ccc(NS(C)(=O)=O)cc1)c1cccs1. The van der Waals surface area contributed by atoms with Crippen LogP contribution in [-0.4, -0.2) is 46.1 Å². The molecule has 1 heterocycles. The molecule has 0 aliphatic rings. The first-order valence-electron chi connectivity index (χ1n) is 7.32. The van der Waals surface area contributed by atoms with Crippen LogP contribution in [0.3, 0.4) is 0 Å². The number of benzene rings is 1. The first kappa shape index (κ1) is 18.4. The number of carbonyl (C=O) groups excluding carboxylic acids is 1. The highest BCUT2D eigenvalue weighted by atomic mass is 32.2. The van der Waals surface area contributed by atoms with E-state index in [2.05, 4.69) is 14.9 Å². The Morgan fingerprint density at radius 2 is 1.88 bits per heavy atom. The van der Waals surface area contributed by atoms with E-state index in [0.29, 0.717) is 17.8 Å². The van der Waals surface area contributed by atoms with Crippen LogP contribution in [0.25, 0.3) is 0 Å². The van der Waals surface area contributed by atoms with E-state index in [1.54, 1.807) is 35.6 Å². The maximum Gasteiger partial charge on any atom is 0.251 e.